The SMILES string of the molecule is CCCCCCCCC(COC(C)C)NCCC. The zero-order chi connectivity index (χ0) is 13.6. The Balaban J connectivity index is 3.58. The number of hydrogen-bond acceptors (Lipinski definition) is 2. The maximum absolute atomic E-state index is 5.73. The molecule has 0 saturated carbocycles. The van der Waals surface area contributed by atoms with E-state index in [4.69, 9.17) is 4.74 Å². The summed E-state index contributed by atoms with van der Waals surface area (Å²) in [4.78, 5) is 0. The maximum Gasteiger partial charge on any atom is 0.0623 e. The summed E-state index contributed by atoms with van der Waals surface area (Å²) in [5.41, 5.74) is 0. The van der Waals surface area contributed by atoms with Crippen molar-refractivity contribution in [3.63, 3.8) is 0 Å². The lowest BCUT2D eigenvalue weighted by atomic mass is 10.1. The zero-order valence-corrected chi connectivity index (χ0v) is 13.1. The highest BCUT2D eigenvalue weighted by molar-refractivity contribution is 4.66. The second-order valence-electron chi connectivity index (χ2n) is 5.59. The van der Waals surface area contributed by atoms with Crippen LogP contribution in [0.15, 0.2) is 0 Å². The van der Waals surface area contributed by atoms with Crippen LogP contribution in [0.4, 0.5) is 0 Å². The number of ether oxygens (including phenoxy) is 1. The Hall–Kier alpha value is -0.0800. The topological polar surface area (TPSA) is 21.3 Å². The van der Waals surface area contributed by atoms with E-state index < -0.39 is 0 Å². The molecule has 0 aromatic heterocycles. The van der Waals surface area contributed by atoms with Gasteiger partial charge >= 0.3 is 0 Å². The van der Waals surface area contributed by atoms with Crippen molar-refractivity contribution in [3.8, 4) is 0 Å². The van der Waals surface area contributed by atoms with Gasteiger partial charge in [-0.05, 0) is 33.2 Å². The molecule has 0 bridgehead atoms. The molecular weight excluding hydrogens is 222 g/mol. The zero-order valence-electron chi connectivity index (χ0n) is 13.1. The Morgan fingerprint density at radius 3 is 2.17 bits per heavy atom. The van der Waals surface area contributed by atoms with E-state index in [0.717, 1.165) is 13.2 Å². The summed E-state index contributed by atoms with van der Waals surface area (Å²) < 4.78 is 5.73. The predicted octanol–water partition coefficient (Wildman–Crippen LogP) is 4.53. The fourth-order valence-electron chi connectivity index (χ4n) is 2.07. The normalized spacial score (nSPS) is 13.2. The lowest BCUT2D eigenvalue weighted by molar-refractivity contribution is 0.0590. The van der Waals surface area contributed by atoms with Gasteiger partial charge in [-0.3, -0.25) is 0 Å². The highest BCUT2D eigenvalue weighted by Crippen LogP contribution is 2.09. The molecule has 1 atom stereocenters. The minimum atomic E-state index is 0.348. The van der Waals surface area contributed by atoms with Crippen LogP contribution in [-0.2, 0) is 4.74 Å². The van der Waals surface area contributed by atoms with E-state index in [2.05, 4.69) is 33.0 Å². The van der Waals surface area contributed by atoms with Gasteiger partial charge in [0.2, 0.25) is 0 Å². The molecule has 0 rings (SSSR count). The van der Waals surface area contributed by atoms with Gasteiger partial charge in [0.1, 0.15) is 0 Å². The van der Waals surface area contributed by atoms with Gasteiger partial charge in [0, 0.05) is 6.04 Å². The highest BCUT2D eigenvalue weighted by Gasteiger charge is 2.08. The molecule has 18 heavy (non-hydrogen) atoms. The first-order valence-corrected chi connectivity index (χ1v) is 8.05. The van der Waals surface area contributed by atoms with Gasteiger partial charge in [0.15, 0.2) is 0 Å². The number of unbranched alkanes of at least 4 members (excludes halogenated alkanes) is 5. The molecule has 0 aliphatic heterocycles. The first-order valence-electron chi connectivity index (χ1n) is 8.05. The van der Waals surface area contributed by atoms with Crippen molar-refractivity contribution in [1.29, 1.82) is 0 Å². The van der Waals surface area contributed by atoms with Crippen molar-refractivity contribution in [2.75, 3.05) is 13.2 Å². The predicted molar refractivity (Wildman–Crippen MR) is 81.2 cm³/mol. The standard InChI is InChI=1S/C16H35NO/c1-5-7-8-9-10-11-12-16(17-13-6-2)14-18-15(3)4/h15-17H,5-14H2,1-4H3. The van der Waals surface area contributed by atoms with Crippen LogP contribution in [-0.4, -0.2) is 25.3 Å². The van der Waals surface area contributed by atoms with Gasteiger partial charge in [-0.2, -0.15) is 0 Å². The van der Waals surface area contributed by atoms with Crippen molar-refractivity contribution in [3.05, 3.63) is 0 Å². The second kappa shape index (κ2) is 13.4. The molecule has 110 valence electrons. The lowest BCUT2D eigenvalue weighted by Gasteiger charge is -2.20. The van der Waals surface area contributed by atoms with E-state index in [1.54, 1.807) is 0 Å². The summed E-state index contributed by atoms with van der Waals surface area (Å²) in [6.45, 7) is 10.7. The van der Waals surface area contributed by atoms with Crippen LogP contribution in [0.25, 0.3) is 0 Å². The minimum Gasteiger partial charge on any atom is -0.377 e. The van der Waals surface area contributed by atoms with E-state index in [-0.39, 0.29) is 0 Å². The molecular formula is C16H35NO. The molecule has 0 saturated heterocycles. The number of rotatable bonds is 13. The van der Waals surface area contributed by atoms with Gasteiger partial charge in [-0.25, -0.2) is 0 Å². The van der Waals surface area contributed by atoms with Crippen molar-refractivity contribution in [2.45, 2.75) is 91.2 Å². The molecule has 1 N–H and O–H groups in total. The molecule has 0 aliphatic rings. The third kappa shape index (κ3) is 12.4. The molecule has 0 aromatic rings. The molecule has 0 amide bonds. The van der Waals surface area contributed by atoms with Gasteiger partial charge < -0.3 is 10.1 Å². The first-order chi connectivity index (χ1) is 8.70. The Morgan fingerprint density at radius 2 is 1.56 bits per heavy atom. The van der Waals surface area contributed by atoms with Crippen LogP contribution < -0.4 is 5.32 Å². The molecule has 2 heteroatoms. The maximum atomic E-state index is 5.73. The van der Waals surface area contributed by atoms with Gasteiger partial charge in [-0.15, -0.1) is 0 Å². The van der Waals surface area contributed by atoms with Gasteiger partial charge in [0.05, 0.1) is 12.7 Å². The van der Waals surface area contributed by atoms with Crippen LogP contribution in [0.1, 0.15) is 79.1 Å². The molecule has 2 nitrogen and oxygen atoms in total. The number of hydrogen-bond donors (Lipinski definition) is 1. The average Bonchev–Trinajstić information content (AvgIpc) is 2.35. The van der Waals surface area contributed by atoms with E-state index in [0.29, 0.717) is 12.1 Å². The van der Waals surface area contributed by atoms with E-state index in [1.165, 1.54) is 51.4 Å². The van der Waals surface area contributed by atoms with Crippen molar-refractivity contribution < 1.29 is 4.74 Å². The Labute approximate surface area is 115 Å². The summed E-state index contributed by atoms with van der Waals surface area (Å²) in [5.74, 6) is 0. The smallest absolute Gasteiger partial charge is 0.0623 e. The Bertz CT molecular complexity index is 159. The van der Waals surface area contributed by atoms with Gasteiger partial charge in [-0.1, -0.05) is 52.4 Å². The quantitative estimate of drug-likeness (QED) is 0.489. The summed E-state index contributed by atoms with van der Waals surface area (Å²) in [5, 5.41) is 3.60. The largest absolute Gasteiger partial charge is 0.377 e. The molecule has 0 fully saturated rings. The molecule has 1 unspecified atom stereocenters. The molecule has 0 spiro atoms. The first kappa shape index (κ1) is 17.9. The van der Waals surface area contributed by atoms with E-state index in [9.17, 15) is 0 Å². The van der Waals surface area contributed by atoms with Crippen molar-refractivity contribution in [1.82, 2.24) is 5.32 Å². The Kier molecular flexibility index (Phi) is 13.3. The van der Waals surface area contributed by atoms with Crippen LogP contribution in [0, 0.1) is 0 Å². The lowest BCUT2D eigenvalue weighted by Crippen LogP contribution is -2.34. The summed E-state index contributed by atoms with van der Waals surface area (Å²) >= 11 is 0. The summed E-state index contributed by atoms with van der Waals surface area (Å²) in [6.07, 6.45) is 11.1. The van der Waals surface area contributed by atoms with Crippen LogP contribution in [0.2, 0.25) is 0 Å². The van der Waals surface area contributed by atoms with Crippen LogP contribution >= 0.6 is 0 Å². The fraction of sp³-hybridized carbons (Fsp3) is 1.00. The fourth-order valence-corrected chi connectivity index (χ4v) is 2.07. The van der Waals surface area contributed by atoms with Crippen LogP contribution in [0.5, 0.6) is 0 Å². The highest BCUT2D eigenvalue weighted by atomic mass is 16.5. The summed E-state index contributed by atoms with van der Waals surface area (Å²) in [7, 11) is 0. The molecule has 0 heterocycles. The third-order valence-electron chi connectivity index (χ3n) is 3.22. The van der Waals surface area contributed by atoms with E-state index >= 15 is 0 Å². The monoisotopic (exact) mass is 257 g/mol. The minimum absolute atomic E-state index is 0.348. The summed E-state index contributed by atoms with van der Waals surface area (Å²) in [6, 6.07) is 0.554. The molecule has 0 radical (unpaired) electrons. The average molecular weight is 257 g/mol. The van der Waals surface area contributed by atoms with Crippen molar-refractivity contribution >= 4 is 0 Å². The Morgan fingerprint density at radius 1 is 0.889 bits per heavy atom. The van der Waals surface area contributed by atoms with Gasteiger partial charge in [0.25, 0.3) is 0 Å². The molecule has 0 aromatic carbocycles. The van der Waals surface area contributed by atoms with Crippen LogP contribution in [0.3, 0.4) is 0 Å². The second-order valence-corrected chi connectivity index (χ2v) is 5.59. The molecule has 0 aliphatic carbocycles. The van der Waals surface area contributed by atoms with Crippen molar-refractivity contribution in [2.24, 2.45) is 0 Å². The van der Waals surface area contributed by atoms with E-state index in [1.807, 2.05) is 0 Å². The number of nitrogens with one attached hydrogen (secondary N) is 1. The third-order valence-corrected chi connectivity index (χ3v) is 3.22.